The van der Waals surface area contributed by atoms with Gasteiger partial charge in [0, 0.05) is 6.61 Å². The van der Waals surface area contributed by atoms with Gasteiger partial charge in [-0.2, -0.15) is 0 Å². The fourth-order valence-corrected chi connectivity index (χ4v) is 5.82. The van der Waals surface area contributed by atoms with Crippen molar-refractivity contribution in [1.29, 1.82) is 0 Å². The summed E-state index contributed by atoms with van der Waals surface area (Å²) < 4.78 is 7.10. The average molecular weight is 535 g/mol. The van der Waals surface area contributed by atoms with Crippen molar-refractivity contribution in [2.45, 2.75) is 76.9 Å². The number of hydrogen-bond acceptors (Lipinski definition) is 2. The molecule has 4 aromatic rings. The molecule has 4 aromatic carbocycles. The Labute approximate surface area is 242 Å². The predicted octanol–water partition coefficient (Wildman–Crippen LogP) is 9.66. The summed E-state index contributed by atoms with van der Waals surface area (Å²) in [5.41, 5.74) is 1.23. The van der Waals surface area contributed by atoms with Gasteiger partial charge in [0.1, 0.15) is 0 Å². The largest absolute Gasteiger partial charge is 0.377 e. The summed E-state index contributed by atoms with van der Waals surface area (Å²) in [6.07, 6.45) is 8.40. The van der Waals surface area contributed by atoms with Crippen LogP contribution in [0.25, 0.3) is 0 Å². The zero-order valence-corrected chi connectivity index (χ0v) is 24.6. The molecule has 0 fully saturated rings. The molecule has 40 heavy (non-hydrogen) atoms. The number of aliphatic hydroxyl groups is 1. The highest BCUT2D eigenvalue weighted by Crippen LogP contribution is 2.52. The first-order valence-electron chi connectivity index (χ1n) is 15.0. The normalized spacial score (nSPS) is 12.4. The van der Waals surface area contributed by atoms with Crippen LogP contribution in [0, 0.1) is 5.41 Å². The van der Waals surface area contributed by atoms with E-state index in [0.717, 1.165) is 35.1 Å². The quantitative estimate of drug-likeness (QED) is 0.163. The Morgan fingerprint density at radius 2 is 0.825 bits per heavy atom. The smallest absolute Gasteiger partial charge is 0.155 e. The summed E-state index contributed by atoms with van der Waals surface area (Å²) in [6.45, 7) is 7.51. The number of ether oxygens (including phenoxy) is 1. The van der Waals surface area contributed by atoms with Crippen molar-refractivity contribution in [2.24, 2.45) is 5.41 Å². The average Bonchev–Trinajstić information content (AvgIpc) is 2.99. The van der Waals surface area contributed by atoms with Crippen molar-refractivity contribution in [3.63, 3.8) is 0 Å². The first-order valence-corrected chi connectivity index (χ1v) is 15.0. The molecule has 210 valence electrons. The molecule has 0 unspecified atom stereocenters. The topological polar surface area (TPSA) is 29.5 Å². The van der Waals surface area contributed by atoms with Crippen LogP contribution >= 0.6 is 0 Å². The highest BCUT2D eigenvalue weighted by Gasteiger charge is 2.56. The molecule has 0 bridgehead atoms. The van der Waals surface area contributed by atoms with Gasteiger partial charge in [-0.25, -0.2) is 0 Å². The SMILES string of the molecule is CC(C)(C)CCCCCCCCOC(c1ccccc1)(c1ccccc1)C(O)(c1ccccc1)c1ccccc1. The van der Waals surface area contributed by atoms with Crippen LogP contribution in [0.15, 0.2) is 121 Å². The van der Waals surface area contributed by atoms with E-state index in [0.29, 0.717) is 12.0 Å². The van der Waals surface area contributed by atoms with Crippen molar-refractivity contribution in [3.05, 3.63) is 144 Å². The van der Waals surface area contributed by atoms with E-state index in [4.69, 9.17) is 4.74 Å². The van der Waals surface area contributed by atoms with E-state index >= 15 is 0 Å². The van der Waals surface area contributed by atoms with E-state index in [-0.39, 0.29) is 0 Å². The van der Waals surface area contributed by atoms with E-state index in [1.54, 1.807) is 0 Å². The Morgan fingerprint density at radius 3 is 1.23 bits per heavy atom. The van der Waals surface area contributed by atoms with Crippen molar-refractivity contribution < 1.29 is 9.84 Å². The lowest BCUT2D eigenvalue weighted by atomic mass is 9.66. The first kappa shape index (κ1) is 29.8. The minimum Gasteiger partial charge on any atom is -0.377 e. The number of rotatable bonds is 14. The Kier molecular flexibility index (Phi) is 10.4. The highest BCUT2D eigenvalue weighted by molar-refractivity contribution is 5.50. The molecule has 0 heterocycles. The minimum absolute atomic E-state index is 0.417. The van der Waals surface area contributed by atoms with Gasteiger partial charge in [-0.15, -0.1) is 0 Å². The van der Waals surface area contributed by atoms with E-state index in [1.165, 1.54) is 32.1 Å². The first-order chi connectivity index (χ1) is 19.4. The Morgan fingerprint density at radius 1 is 0.475 bits per heavy atom. The second kappa shape index (κ2) is 13.9. The van der Waals surface area contributed by atoms with Gasteiger partial charge >= 0.3 is 0 Å². The van der Waals surface area contributed by atoms with Crippen LogP contribution in [0.1, 0.15) is 88.0 Å². The molecule has 4 rings (SSSR count). The standard InChI is InChI=1S/C38H46O2/c1-36(2,3)30-20-6-4-5-7-21-31-40-38(34-26-16-10-17-27-34,35-28-18-11-19-29-35)37(39,32-22-12-8-13-23-32)33-24-14-9-15-25-33/h8-19,22-29,39H,4-7,20-21,30-31H2,1-3H3. The number of benzene rings is 4. The van der Waals surface area contributed by atoms with Crippen LogP contribution in [-0.2, 0) is 15.9 Å². The van der Waals surface area contributed by atoms with Gasteiger partial charge in [-0.1, -0.05) is 174 Å². The van der Waals surface area contributed by atoms with Crippen LogP contribution in [0.2, 0.25) is 0 Å². The van der Waals surface area contributed by atoms with Crippen molar-refractivity contribution in [3.8, 4) is 0 Å². The molecule has 0 saturated carbocycles. The van der Waals surface area contributed by atoms with Gasteiger partial charge in [0.25, 0.3) is 0 Å². The molecule has 0 radical (unpaired) electrons. The molecular formula is C38H46O2. The van der Waals surface area contributed by atoms with Crippen LogP contribution in [-0.4, -0.2) is 11.7 Å². The molecule has 2 nitrogen and oxygen atoms in total. The lowest BCUT2D eigenvalue weighted by Gasteiger charge is -2.48. The van der Waals surface area contributed by atoms with Crippen LogP contribution < -0.4 is 0 Å². The van der Waals surface area contributed by atoms with Crippen molar-refractivity contribution in [2.75, 3.05) is 6.61 Å². The summed E-state index contributed by atoms with van der Waals surface area (Å²) in [5.74, 6) is 0. The molecular weight excluding hydrogens is 488 g/mol. The third-order valence-electron chi connectivity index (χ3n) is 7.89. The number of hydrogen-bond donors (Lipinski definition) is 1. The van der Waals surface area contributed by atoms with Crippen molar-refractivity contribution in [1.82, 2.24) is 0 Å². The van der Waals surface area contributed by atoms with Gasteiger partial charge in [0.2, 0.25) is 0 Å². The maximum absolute atomic E-state index is 13.2. The second-order valence-electron chi connectivity index (χ2n) is 12.1. The van der Waals surface area contributed by atoms with Crippen LogP contribution in [0.4, 0.5) is 0 Å². The van der Waals surface area contributed by atoms with Crippen LogP contribution in [0.5, 0.6) is 0 Å². The molecule has 0 aliphatic heterocycles. The Balaban J connectivity index is 1.69. The van der Waals surface area contributed by atoms with Gasteiger partial charge in [-0.3, -0.25) is 0 Å². The monoisotopic (exact) mass is 534 g/mol. The van der Waals surface area contributed by atoms with Crippen molar-refractivity contribution >= 4 is 0 Å². The maximum Gasteiger partial charge on any atom is 0.155 e. The molecule has 0 spiro atoms. The summed E-state index contributed by atoms with van der Waals surface area (Å²) in [7, 11) is 0. The fraction of sp³-hybridized carbons (Fsp3) is 0.368. The molecule has 0 aromatic heterocycles. The lowest BCUT2D eigenvalue weighted by molar-refractivity contribution is -0.153. The van der Waals surface area contributed by atoms with E-state index in [1.807, 2.05) is 97.1 Å². The Bertz CT molecular complexity index is 1170. The van der Waals surface area contributed by atoms with Crippen LogP contribution in [0.3, 0.4) is 0 Å². The number of unbranched alkanes of at least 4 members (excludes halogenated alkanes) is 5. The zero-order chi connectivity index (χ0) is 28.3. The summed E-state index contributed by atoms with van der Waals surface area (Å²) in [6, 6.07) is 40.5. The molecule has 0 aliphatic rings. The van der Waals surface area contributed by atoms with E-state index in [9.17, 15) is 5.11 Å². The molecule has 1 N–H and O–H groups in total. The molecule has 0 atom stereocenters. The molecule has 0 saturated heterocycles. The zero-order valence-electron chi connectivity index (χ0n) is 24.6. The lowest BCUT2D eigenvalue weighted by Crippen LogP contribution is -2.53. The Hall–Kier alpha value is -3.20. The molecule has 2 heteroatoms. The van der Waals surface area contributed by atoms with Gasteiger partial charge < -0.3 is 9.84 Å². The predicted molar refractivity (Wildman–Crippen MR) is 167 cm³/mol. The molecule has 0 amide bonds. The van der Waals surface area contributed by atoms with E-state index < -0.39 is 11.2 Å². The summed E-state index contributed by atoms with van der Waals surface area (Å²) in [5, 5.41) is 13.2. The van der Waals surface area contributed by atoms with Gasteiger partial charge in [0.15, 0.2) is 11.2 Å². The third-order valence-corrected chi connectivity index (χ3v) is 7.89. The minimum atomic E-state index is -1.48. The van der Waals surface area contributed by atoms with E-state index in [2.05, 4.69) is 45.0 Å². The fourth-order valence-electron chi connectivity index (χ4n) is 5.82. The summed E-state index contributed by atoms with van der Waals surface area (Å²) in [4.78, 5) is 0. The second-order valence-corrected chi connectivity index (χ2v) is 12.1. The maximum atomic E-state index is 13.2. The highest BCUT2D eigenvalue weighted by atomic mass is 16.5. The summed E-state index contributed by atoms with van der Waals surface area (Å²) >= 11 is 0. The third kappa shape index (κ3) is 6.92. The molecule has 0 aliphatic carbocycles. The van der Waals surface area contributed by atoms with Gasteiger partial charge in [-0.05, 0) is 40.5 Å². The van der Waals surface area contributed by atoms with Gasteiger partial charge in [0.05, 0.1) is 0 Å².